The molecule has 2 unspecified atom stereocenters. The van der Waals surface area contributed by atoms with E-state index < -0.39 is 0 Å². The largest absolute Gasteiger partial charge is 0.314 e. The van der Waals surface area contributed by atoms with Gasteiger partial charge in [0.25, 0.3) is 0 Å². The van der Waals surface area contributed by atoms with E-state index in [1.165, 1.54) is 60.9 Å². The van der Waals surface area contributed by atoms with E-state index in [1.54, 1.807) is 0 Å². The molecule has 21 heavy (non-hydrogen) atoms. The quantitative estimate of drug-likeness (QED) is 0.804. The molecular weight excluding hydrogens is 326 g/mol. The zero-order valence-corrected chi connectivity index (χ0v) is 15.0. The standard InChI is InChI=1S/C17H28BrN3/c1-3-15-17(18)16(21(4-2)20-15)10-12-6-5-7-13(12)11-19-14-8-9-14/h12-14,19H,3-11H2,1-2H3. The third-order valence-electron chi connectivity index (χ3n) is 5.21. The Kier molecular flexibility index (Phi) is 5.05. The third kappa shape index (κ3) is 3.53. The molecule has 3 rings (SSSR count). The van der Waals surface area contributed by atoms with Gasteiger partial charge in [0.1, 0.15) is 0 Å². The fourth-order valence-electron chi connectivity index (χ4n) is 3.72. The van der Waals surface area contributed by atoms with Gasteiger partial charge < -0.3 is 5.32 Å². The number of nitrogens with zero attached hydrogens (tertiary/aromatic N) is 2. The van der Waals surface area contributed by atoms with E-state index in [2.05, 4.69) is 39.8 Å². The van der Waals surface area contributed by atoms with Gasteiger partial charge in [-0.25, -0.2) is 0 Å². The van der Waals surface area contributed by atoms with Gasteiger partial charge >= 0.3 is 0 Å². The molecule has 1 heterocycles. The second kappa shape index (κ2) is 6.82. The topological polar surface area (TPSA) is 29.9 Å². The highest BCUT2D eigenvalue weighted by Crippen LogP contribution is 2.36. The summed E-state index contributed by atoms with van der Waals surface area (Å²) in [4.78, 5) is 0. The average Bonchev–Trinajstić information content (AvgIpc) is 3.14. The zero-order chi connectivity index (χ0) is 14.8. The van der Waals surface area contributed by atoms with Crippen molar-refractivity contribution in [3.8, 4) is 0 Å². The maximum atomic E-state index is 4.75. The van der Waals surface area contributed by atoms with Gasteiger partial charge in [0.2, 0.25) is 0 Å². The van der Waals surface area contributed by atoms with Crippen LogP contribution in [-0.2, 0) is 19.4 Å². The predicted molar refractivity (Wildman–Crippen MR) is 90.5 cm³/mol. The number of halogens is 1. The Morgan fingerprint density at radius 2 is 1.95 bits per heavy atom. The number of aryl methyl sites for hydroxylation is 2. The van der Waals surface area contributed by atoms with Crippen LogP contribution in [0.1, 0.15) is 57.3 Å². The summed E-state index contributed by atoms with van der Waals surface area (Å²) in [6, 6.07) is 0.839. The van der Waals surface area contributed by atoms with Crippen LogP contribution in [0, 0.1) is 11.8 Å². The van der Waals surface area contributed by atoms with E-state index >= 15 is 0 Å². The maximum Gasteiger partial charge on any atom is 0.0766 e. The Morgan fingerprint density at radius 1 is 1.19 bits per heavy atom. The molecule has 1 aromatic heterocycles. The first-order valence-electron chi connectivity index (χ1n) is 8.70. The first-order valence-corrected chi connectivity index (χ1v) is 9.49. The molecule has 0 bridgehead atoms. The highest BCUT2D eigenvalue weighted by atomic mass is 79.9. The Morgan fingerprint density at radius 3 is 2.62 bits per heavy atom. The fourth-order valence-corrected chi connectivity index (χ4v) is 4.44. The molecule has 2 atom stereocenters. The third-order valence-corrected chi connectivity index (χ3v) is 6.13. The lowest BCUT2D eigenvalue weighted by atomic mass is 9.91. The van der Waals surface area contributed by atoms with Crippen LogP contribution in [0.3, 0.4) is 0 Å². The lowest BCUT2D eigenvalue weighted by Gasteiger charge is -2.20. The predicted octanol–water partition coefficient (Wildman–Crippen LogP) is 3.94. The van der Waals surface area contributed by atoms with Crippen molar-refractivity contribution < 1.29 is 0 Å². The molecule has 0 amide bonds. The number of aromatic nitrogens is 2. The van der Waals surface area contributed by atoms with Crippen molar-refractivity contribution in [1.29, 1.82) is 0 Å². The average molecular weight is 354 g/mol. The van der Waals surface area contributed by atoms with Crippen LogP contribution >= 0.6 is 15.9 Å². The lowest BCUT2D eigenvalue weighted by molar-refractivity contribution is 0.356. The van der Waals surface area contributed by atoms with Crippen molar-refractivity contribution in [2.75, 3.05) is 6.54 Å². The van der Waals surface area contributed by atoms with Gasteiger partial charge in [0, 0.05) is 12.6 Å². The molecule has 2 aliphatic rings. The Hall–Kier alpha value is -0.350. The molecule has 1 aromatic rings. The minimum absolute atomic E-state index is 0.833. The molecule has 2 aliphatic carbocycles. The molecule has 1 N–H and O–H groups in total. The van der Waals surface area contributed by atoms with Crippen LogP contribution in [0.2, 0.25) is 0 Å². The molecule has 0 saturated heterocycles. The lowest BCUT2D eigenvalue weighted by Crippen LogP contribution is -2.28. The number of rotatable bonds is 7. The normalized spacial score (nSPS) is 25.7. The summed E-state index contributed by atoms with van der Waals surface area (Å²) in [7, 11) is 0. The van der Waals surface area contributed by atoms with E-state index in [4.69, 9.17) is 5.10 Å². The number of nitrogens with one attached hydrogen (secondary N) is 1. The number of hydrogen-bond donors (Lipinski definition) is 1. The molecule has 0 radical (unpaired) electrons. The van der Waals surface area contributed by atoms with E-state index in [-0.39, 0.29) is 0 Å². The van der Waals surface area contributed by atoms with Gasteiger partial charge in [-0.1, -0.05) is 13.3 Å². The van der Waals surface area contributed by atoms with Crippen LogP contribution < -0.4 is 5.32 Å². The second-order valence-electron chi connectivity index (χ2n) is 6.71. The van der Waals surface area contributed by atoms with Gasteiger partial charge in [-0.05, 0) is 79.8 Å². The van der Waals surface area contributed by atoms with Crippen molar-refractivity contribution in [1.82, 2.24) is 15.1 Å². The van der Waals surface area contributed by atoms with E-state index in [1.807, 2.05) is 0 Å². The van der Waals surface area contributed by atoms with Gasteiger partial charge in [0.15, 0.2) is 0 Å². The summed E-state index contributed by atoms with van der Waals surface area (Å²) in [5.74, 6) is 1.70. The molecule has 4 heteroatoms. The van der Waals surface area contributed by atoms with Crippen molar-refractivity contribution in [2.45, 2.75) is 71.4 Å². The van der Waals surface area contributed by atoms with E-state index in [0.29, 0.717) is 0 Å². The van der Waals surface area contributed by atoms with Crippen LogP contribution in [0.25, 0.3) is 0 Å². The highest BCUT2D eigenvalue weighted by Gasteiger charge is 2.31. The smallest absolute Gasteiger partial charge is 0.0766 e. The van der Waals surface area contributed by atoms with Crippen LogP contribution in [0.15, 0.2) is 4.47 Å². The minimum atomic E-state index is 0.833. The summed E-state index contributed by atoms with van der Waals surface area (Å²) in [5.41, 5.74) is 2.65. The molecule has 0 spiro atoms. The fraction of sp³-hybridized carbons (Fsp3) is 0.824. The zero-order valence-electron chi connectivity index (χ0n) is 13.4. The first kappa shape index (κ1) is 15.5. The van der Waals surface area contributed by atoms with Gasteiger partial charge in [0.05, 0.1) is 15.9 Å². The molecule has 3 nitrogen and oxygen atoms in total. The van der Waals surface area contributed by atoms with Crippen LogP contribution in [0.4, 0.5) is 0 Å². The summed E-state index contributed by atoms with van der Waals surface area (Å²) in [6.45, 7) is 6.59. The van der Waals surface area contributed by atoms with Crippen molar-refractivity contribution >= 4 is 15.9 Å². The Bertz CT molecular complexity index is 479. The Balaban J connectivity index is 1.67. The van der Waals surface area contributed by atoms with Gasteiger partial charge in [-0.2, -0.15) is 5.10 Å². The molecule has 2 fully saturated rings. The molecule has 2 saturated carbocycles. The van der Waals surface area contributed by atoms with Crippen molar-refractivity contribution in [3.05, 3.63) is 15.9 Å². The van der Waals surface area contributed by atoms with Crippen LogP contribution in [-0.4, -0.2) is 22.4 Å². The molecule has 0 aliphatic heterocycles. The second-order valence-corrected chi connectivity index (χ2v) is 7.51. The summed E-state index contributed by atoms with van der Waals surface area (Å²) < 4.78 is 3.49. The monoisotopic (exact) mass is 353 g/mol. The van der Waals surface area contributed by atoms with E-state index in [9.17, 15) is 0 Å². The first-order chi connectivity index (χ1) is 10.2. The summed E-state index contributed by atoms with van der Waals surface area (Å²) >= 11 is 3.80. The Labute approximate surface area is 137 Å². The SMILES string of the molecule is CCc1nn(CC)c(CC2CCCC2CNC2CC2)c1Br. The summed E-state index contributed by atoms with van der Waals surface area (Å²) in [6.07, 6.45) is 9.19. The maximum absolute atomic E-state index is 4.75. The number of hydrogen-bond acceptors (Lipinski definition) is 2. The van der Waals surface area contributed by atoms with Crippen LogP contribution in [0.5, 0.6) is 0 Å². The molecule has 118 valence electrons. The van der Waals surface area contributed by atoms with E-state index in [0.717, 1.165) is 30.8 Å². The highest BCUT2D eigenvalue weighted by molar-refractivity contribution is 9.10. The van der Waals surface area contributed by atoms with Gasteiger partial charge in [-0.15, -0.1) is 0 Å². The van der Waals surface area contributed by atoms with Crippen molar-refractivity contribution in [2.24, 2.45) is 11.8 Å². The molecule has 0 aromatic carbocycles. The minimum Gasteiger partial charge on any atom is -0.314 e. The summed E-state index contributed by atoms with van der Waals surface area (Å²) in [5, 5.41) is 8.49. The molecular formula is C17H28BrN3. The van der Waals surface area contributed by atoms with Gasteiger partial charge in [-0.3, -0.25) is 4.68 Å². The van der Waals surface area contributed by atoms with Crippen molar-refractivity contribution in [3.63, 3.8) is 0 Å².